The van der Waals surface area contributed by atoms with Crippen LogP contribution in [-0.4, -0.2) is 46.5 Å². The van der Waals surface area contributed by atoms with Crippen LogP contribution in [0.15, 0.2) is 12.4 Å². The first kappa shape index (κ1) is 15.5. The summed E-state index contributed by atoms with van der Waals surface area (Å²) in [6.07, 6.45) is 6.13. The van der Waals surface area contributed by atoms with Crippen LogP contribution in [0.5, 0.6) is 0 Å². The van der Waals surface area contributed by atoms with Crippen molar-refractivity contribution < 1.29 is 4.74 Å². The van der Waals surface area contributed by atoms with Crippen LogP contribution >= 0.6 is 0 Å². The van der Waals surface area contributed by atoms with Crippen molar-refractivity contribution in [1.82, 2.24) is 14.7 Å². The smallest absolute Gasteiger partial charge is 0.0594 e. The molecule has 2 N–H and O–H groups in total. The molecule has 1 aromatic rings. The highest BCUT2D eigenvalue weighted by atomic mass is 16.5. The second-order valence-corrected chi connectivity index (χ2v) is 5.82. The van der Waals surface area contributed by atoms with Crippen LogP contribution in [0, 0.1) is 0 Å². The SMILES string of the molecule is CCCn1cc(C(N)C(C)(CC)N2CCOCC2)cn1. The molecule has 0 radical (unpaired) electrons. The highest BCUT2D eigenvalue weighted by Crippen LogP contribution is 2.32. The van der Waals surface area contributed by atoms with Crippen molar-refractivity contribution in [2.45, 2.75) is 51.7 Å². The van der Waals surface area contributed by atoms with E-state index in [-0.39, 0.29) is 11.6 Å². The first-order valence-corrected chi connectivity index (χ1v) is 7.72. The fraction of sp³-hybridized carbons (Fsp3) is 0.800. The summed E-state index contributed by atoms with van der Waals surface area (Å²) in [6.45, 7) is 11.1. The monoisotopic (exact) mass is 280 g/mol. The van der Waals surface area contributed by atoms with Gasteiger partial charge in [-0.3, -0.25) is 9.58 Å². The third-order valence-electron chi connectivity index (χ3n) is 4.58. The molecule has 5 heteroatoms. The fourth-order valence-electron chi connectivity index (χ4n) is 2.96. The quantitative estimate of drug-likeness (QED) is 0.863. The van der Waals surface area contributed by atoms with Crippen molar-refractivity contribution in [1.29, 1.82) is 0 Å². The van der Waals surface area contributed by atoms with Gasteiger partial charge in [0, 0.05) is 36.9 Å². The summed E-state index contributed by atoms with van der Waals surface area (Å²) in [5.41, 5.74) is 7.68. The lowest BCUT2D eigenvalue weighted by Gasteiger charge is -2.46. The van der Waals surface area contributed by atoms with Crippen LogP contribution in [0.4, 0.5) is 0 Å². The standard InChI is InChI=1S/C15H28N4O/c1-4-6-19-12-13(11-17-19)14(16)15(3,5-2)18-7-9-20-10-8-18/h11-12,14H,4-10,16H2,1-3H3. The Morgan fingerprint density at radius 1 is 1.40 bits per heavy atom. The molecule has 114 valence electrons. The third kappa shape index (κ3) is 3.05. The Bertz CT molecular complexity index is 414. The average molecular weight is 280 g/mol. The van der Waals surface area contributed by atoms with E-state index in [9.17, 15) is 0 Å². The van der Waals surface area contributed by atoms with Gasteiger partial charge in [-0.1, -0.05) is 13.8 Å². The van der Waals surface area contributed by atoms with E-state index in [4.69, 9.17) is 10.5 Å². The minimum absolute atomic E-state index is 0.0174. The molecule has 5 nitrogen and oxygen atoms in total. The molecule has 0 amide bonds. The van der Waals surface area contributed by atoms with E-state index in [1.807, 2.05) is 10.9 Å². The van der Waals surface area contributed by atoms with Gasteiger partial charge in [-0.2, -0.15) is 5.10 Å². The van der Waals surface area contributed by atoms with Gasteiger partial charge in [-0.25, -0.2) is 0 Å². The van der Waals surface area contributed by atoms with Crippen LogP contribution in [-0.2, 0) is 11.3 Å². The molecule has 1 saturated heterocycles. The molecule has 2 rings (SSSR count). The zero-order chi connectivity index (χ0) is 14.6. The van der Waals surface area contributed by atoms with E-state index in [0.29, 0.717) is 0 Å². The Hall–Kier alpha value is -0.910. The van der Waals surface area contributed by atoms with Crippen LogP contribution in [0.3, 0.4) is 0 Å². The Labute approximate surface area is 122 Å². The summed E-state index contributed by atoms with van der Waals surface area (Å²) < 4.78 is 7.45. The Balaban J connectivity index is 2.15. The lowest BCUT2D eigenvalue weighted by Crippen LogP contribution is -2.56. The molecule has 0 saturated carbocycles. The lowest BCUT2D eigenvalue weighted by atomic mass is 9.84. The van der Waals surface area contributed by atoms with Gasteiger partial charge in [0.2, 0.25) is 0 Å². The summed E-state index contributed by atoms with van der Waals surface area (Å²) >= 11 is 0. The number of morpholine rings is 1. The molecule has 2 atom stereocenters. The van der Waals surface area contributed by atoms with Gasteiger partial charge in [0.1, 0.15) is 0 Å². The van der Waals surface area contributed by atoms with Crippen LogP contribution < -0.4 is 5.73 Å². The topological polar surface area (TPSA) is 56.3 Å². The van der Waals surface area contributed by atoms with Gasteiger partial charge in [-0.05, 0) is 19.8 Å². The van der Waals surface area contributed by atoms with Gasteiger partial charge in [0.05, 0.1) is 25.5 Å². The molecule has 1 fully saturated rings. The number of ether oxygens (including phenoxy) is 1. The lowest BCUT2D eigenvalue weighted by molar-refractivity contribution is -0.0278. The molecular formula is C15H28N4O. The Kier molecular flexibility index (Phi) is 5.18. The summed E-state index contributed by atoms with van der Waals surface area (Å²) in [5, 5.41) is 4.41. The normalized spacial score (nSPS) is 21.6. The zero-order valence-corrected chi connectivity index (χ0v) is 13.0. The van der Waals surface area contributed by atoms with Crippen molar-refractivity contribution in [2.24, 2.45) is 5.73 Å². The number of aromatic nitrogens is 2. The maximum absolute atomic E-state index is 6.59. The molecule has 1 aliphatic rings. The van der Waals surface area contributed by atoms with Crippen molar-refractivity contribution >= 4 is 0 Å². The van der Waals surface area contributed by atoms with Crippen LogP contribution in [0.25, 0.3) is 0 Å². The minimum Gasteiger partial charge on any atom is -0.379 e. The molecule has 2 heterocycles. The molecule has 1 aromatic heterocycles. The molecular weight excluding hydrogens is 252 g/mol. The number of hydrogen-bond acceptors (Lipinski definition) is 4. The van der Waals surface area contributed by atoms with Crippen LogP contribution in [0.1, 0.15) is 45.2 Å². The molecule has 20 heavy (non-hydrogen) atoms. The van der Waals surface area contributed by atoms with E-state index in [1.165, 1.54) is 0 Å². The largest absolute Gasteiger partial charge is 0.379 e. The number of aryl methyl sites for hydroxylation is 1. The van der Waals surface area contributed by atoms with Crippen molar-refractivity contribution in [3.8, 4) is 0 Å². The molecule has 0 bridgehead atoms. The van der Waals surface area contributed by atoms with Crippen molar-refractivity contribution in [2.75, 3.05) is 26.3 Å². The van der Waals surface area contributed by atoms with E-state index in [1.54, 1.807) is 0 Å². The Morgan fingerprint density at radius 3 is 2.70 bits per heavy atom. The number of hydrogen-bond donors (Lipinski definition) is 1. The highest BCUT2D eigenvalue weighted by Gasteiger charge is 2.38. The third-order valence-corrected chi connectivity index (χ3v) is 4.58. The van der Waals surface area contributed by atoms with Gasteiger partial charge in [-0.15, -0.1) is 0 Å². The van der Waals surface area contributed by atoms with Crippen molar-refractivity contribution in [3.05, 3.63) is 18.0 Å². The average Bonchev–Trinajstić information content (AvgIpc) is 2.95. The number of nitrogens with zero attached hydrogens (tertiary/aromatic N) is 3. The summed E-state index contributed by atoms with van der Waals surface area (Å²) in [5.74, 6) is 0. The first-order chi connectivity index (χ1) is 9.61. The second kappa shape index (κ2) is 6.70. The van der Waals surface area contributed by atoms with Crippen molar-refractivity contribution in [3.63, 3.8) is 0 Å². The highest BCUT2D eigenvalue weighted by molar-refractivity contribution is 5.16. The minimum atomic E-state index is -0.0378. The molecule has 0 aliphatic carbocycles. The van der Waals surface area contributed by atoms with E-state index < -0.39 is 0 Å². The fourth-order valence-corrected chi connectivity index (χ4v) is 2.96. The van der Waals surface area contributed by atoms with Gasteiger partial charge >= 0.3 is 0 Å². The van der Waals surface area contributed by atoms with Gasteiger partial charge in [0.15, 0.2) is 0 Å². The summed E-state index contributed by atoms with van der Waals surface area (Å²) in [7, 11) is 0. The van der Waals surface area contributed by atoms with Gasteiger partial charge in [0.25, 0.3) is 0 Å². The second-order valence-electron chi connectivity index (χ2n) is 5.82. The maximum Gasteiger partial charge on any atom is 0.0594 e. The Morgan fingerprint density at radius 2 is 2.10 bits per heavy atom. The number of nitrogens with two attached hydrogens (primary N) is 1. The molecule has 0 aromatic carbocycles. The molecule has 0 spiro atoms. The van der Waals surface area contributed by atoms with E-state index >= 15 is 0 Å². The van der Waals surface area contributed by atoms with Crippen LogP contribution in [0.2, 0.25) is 0 Å². The maximum atomic E-state index is 6.59. The zero-order valence-electron chi connectivity index (χ0n) is 13.0. The predicted molar refractivity (Wildman–Crippen MR) is 80.5 cm³/mol. The number of rotatable bonds is 6. The molecule has 1 aliphatic heterocycles. The van der Waals surface area contributed by atoms with Gasteiger partial charge < -0.3 is 10.5 Å². The summed E-state index contributed by atoms with van der Waals surface area (Å²) in [6, 6.07) is -0.0174. The first-order valence-electron chi connectivity index (χ1n) is 7.72. The summed E-state index contributed by atoms with van der Waals surface area (Å²) in [4.78, 5) is 2.47. The van der Waals surface area contributed by atoms with E-state index in [2.05, 4.69) is 37.0 Å². The molecule has 2 unspecified atom stereocenters. The van der Waals surface area contributed by atoms with E-state index in [0.717, 1.165) is 51.3 Å². The predicted octanol–water partition coefficient (Wildman–Crippen LogP) is 1.79.